The first kappa shape index (κ1) is 11.1. The second-order valence-corrected chi connectivity index (χ2v) is 1.84. The first-order chi connectivity index (χ1) is 5.06. The minimum absolute atomic E-state index is 0.210. The summed E-state index contributed by atoms with van der Waals surface area (Å²) in [5.41, 5.74) is 0. The highest BCUT2D eigenvalue weighted by molar-refractivity contribution is 5.10. The van der Waals surface area contributed by atoms with Crippen molar-refractivity contribution in [1.82, 2.24) is 0 Å². The van der Waals surface area contributed by atoms with Gasteiger partial charge in [-0.1, -0.05) is 0 Å². The van der Waals surface area contributed by atoms with Gasteiger partial charge in [0.25, 0.3) is 0 Å². The van der Waals surface area contributed by atoms with Crippen molar-refractivity contribution in [3.8, 4) is 12.3 Å². The molecule has 0 bridgehead atoms. The standard InChI is InChI=1S/C5H2F6O/c1-2-3(6,7)4(8,12)5(9,10)11/h1,12H. The van der Waals surface area contributed by atoms with Crippen molar-refractivity contribution >= 4 is 0 Å². The lowest BCUT2D eigenvalue weighted by Gasteiger charge is -2.26. The zero-order chi connectivity index (χ0) is 10.2. The van der Waals surface area contributed by atoms with E-state index in [4.69, 9.17) is 5.11 Å². The number of rotatable bonds is 1. The third kappa shape index (κ3) is 1.48. The summed E-state index contributed by atoms with van der Waals surface area (Å²) >= 11 is 0. The van der Waals surface area contributed by atoms with Crippen molar-refractivity contribution in [3.05, 3.63) is 0 Å². The minimum Gasteiger partial charge on any atom is -0.349 e. The summed E-state index contributed by atoms with van der Waals surface area (Å²) in [6.07, 6.45) is -2.23. The average molecular weight is 192 g/mol. The number of halogens is 6. The molecule has 70 valence electrons. The van der Waals surface area contributed by atoms with E-state index in [1.807, 2.05) is 0 Å². The maximum Gasteiger partial charge on any atom is 0.455 e. The molecule has 0 amide bonds. The van der Waals surface area contributed by atoms with Gasteiger partial charge in [0, 0.05) is 0 Å². The van der Waals surface area contributed by atoms with Crippen molar-refractivity contribution in [3.63, 3.8) is 0 Å². The molecule has 0 aliphatic carbocycles. The maximum atomic E-state index is 11.9. The first-order valence-electron chi connectivity index (χ1n) is 2.40. The van der Waals surface area contributed by atoms with Gasteiger partial charge < -0.3 is 5.11 Å². The van der Waals surface area contributed by atoms with Crippen LogP contribution in [0.4, 0.5) is 26.3 Å². The Labute approximate surface area is 63.0 Å². The first-order valence-corrected chi connectivity index (χ1v) is 2.40. The van der Waals surface area contributed by atoms with Gasteiger partial charge in [0.1, 0.15) is 0 Å². The largest absolute Gasteiger partial charge is 0.455 e. The van der Waals surface area contributed by atoms with Crippen LogP contribution in [-0.2, 0) is 0 Å². The van der Waals surface area contributed by atoms with Crippen LogP contribution < -0.4 is 0 Å². The number of aliphatic hydroxyl groups is 1. The van der Waals surface area contributed by atoms with Gasteiger partial charge in [-0.3, -0.25) is 0 Å². The molecule has 0 aliphatic rings. The Hall–Kier alpha value is -0.900. The summed E-state index contributed by atoms with van der Waals surface area (Å²) in [5, 5.41) is 7.69. The third-order valence-corrected chi connectivity index (χ3v) is 0.973. The van der Waals surface area contributed by atoms with Gasteiger partial charge in [-0.15, -0.1) is 6.42 Å². The summed E-state index contributed by atoms with van der Waals surface area (Å²) in [6.45, 7) is 0. The molecule has 7 heteroatoms. The molecule has 0 aliphatic heterocycles. The maximum absolute atomic E-state index is 11.9. The predicted molar refractivity (Wildman–Crippen MR) is 25.9 cm³/mol. The Bertz CT molecular complexity index is 209. The van der Waals surface area contributed by atoms with Crippen LogP contribution in [0.1, 0.15) is 0 Å². The fraction of sp³-hybridized carbons (Fsp3) is 0.600. The van der Waals surface area contributed by atoms with E-state index < -0.39 is 18.0 Å². The lowest BCUT2D eigenvalue weighted by molar-refractivity contribution is -0.371. The topological polar surface area (TPSA) is 20.2 Å². The Morgan fingerprint density at radius 1 is 1.00 bits per heavy atom. The summed E-state index contributed by atoms with van der Waals surface area (Å²) in [6, 6.07) is 0. The number of terminal acetylenes is 1. The van der Waals surface area contributed by atoms with Crippen LogP contribution in [0.2, 0.25) is 0 Å². The predicted octanol–water partition coefficient (Wildman–Crippen LogP) is 1.48. The van der Waals surface area contributed by atoms with Crippen molar-refractivity contribution in [1.29, 1.82) is 0 Å². The molecule has 1 nitrogen and oxygen atoms in total. The third-order valence-electron chi connectivity index (χ3n) is 0.973. The van der Waals surface area contributed by atoms with E-state index in [0.717, 1.165) is 0 Å². The van der Waals surface area contributed by atoms with Crippen LogP contribution in [0.25, 0.3) is 0 Å². The summed E-state index contributed by atoms with van der Waals surface area (Å²) in [5.74, 6) is -10.8. The van der Waals surface area contributed by atoms with Crippen LogP contribution in [0.3, 0.4) is 0 Å². The molecule has 0 heterocycles. The van der Waals surface area contributed by atoms with Gasteiger partial charge in [0.2, 0.25) is 0 Å². The molecule has 0 aromatic heterocycles. The van der Waals surface area contributed by atoms with E-state index >= 15 is 0 Å². The van der Waals surface area contributed by atoms with E-state index in [2.05, 4.69) is 6.42 Å². The second-order valence-electron chi connectivity index (χ2n) is 1.84. The fourth-order valence-corrected chi connectivity index (χ4v) is 0.274. The Morgan fingerprint density at radius 3 is 1.42 bits per heavy atom. The van der Waals surface area contributed by atoms with Gasteiger partial charge in [-0.05, 0) is 5.92 Å². The Morgan fingerprint density at radius 2 is 1.33 bits per heavy atom. The number of hydrogen-bond donors (Lipinski definition) is 1. The lowest BCUT2D eigenvalue weighted by atomic mass is 10.1. The number of alkyl halides is 6. The molecule has 0 fully saturated rings. The van der Waals surface area contributed by atoms with E-state index in [1.165, 1.54) is 0 Å². The van der Waals surface area contributed by atoms with Gasteiger partial charge >= 0.3 is 18.0 Å². The van der Waals surface area contributed by atoms with Gasteiger partial charge in [-0.25, -0.2) is 0 Å². The molecule has 0 rings (SSSR count). The van der Waals surface area contributed by atoms with Crippen LogP contribution in [0, 0.1) is 12.3 Å². The SMILES string of the molecule is C#CC(F)(F)C(O)(F)C(F)(F)F. The molecular weight excluding hydrogens is 190 g/mol. The fourth-order valence-electron chi connectivity index (χ4n) is 0.274. The zero-order valence-electron chi connectivity index (χ0n) is 5.29. The number of hydrogen-bond acceptors (Lipinski definition) is 1. The Kier molecular flexibility index (Phi) is 2.36. The summed E-state index contributed by atoms with van der Waals surface area (Å²) < 4.78 is 69.6. The second kappa shape index (κ2) is 2.55. The lowest BCUT2D eigenvalue weighted by Crippen LogP contribution is -2.54. The quantitative estimate of drug-likeness (QED) is 0.492. The molecule has 0 saturated heterocycles. The van der Waals surface area contributed by atoms with Crippen LogP contribution in [-0.4, -0.2) is 23.1 Å². The molecule has 0 radical (unpaired) electrons. The molecule has 0 aromatic carbocycles. The van der Waals surface area contributed by atoms with E-state index in [1.54, 1.807) is 0 Å². The van der Waals surface area contributed by atoms with Crippen LogP contribution >= 0.6 is 0 Å². The van der Waals surface area contributed by atoms with Gasteiger partial charge in [-0.2, -0.15) is 26.3 Å². The smallest absolute Gasteiger partial charge is 0.349 e. The highest BCUT2D eigenvalue weighted by Crippen LogP contribution is 2.42. The molecule has 0 spiro atoms. The molecule has 0 saturated carbocycles. The summed E-state index contributed by atoms with van der Waals surface area (Å²) in [4.78, 5) is 0. The van der Waals surface area contributed by atoms with Gasteiger partial charge in [0.05, 0.1) is 0 Å². The molecule has 1 unspecified atom stereocenters. The molecule has 1 atom stereocenters. The zero-order valence-corrected chi connectivity index (χ0v) is 5.29. The molecule has 12 heavy (non-hydrogen) atoms. The van der Waals surface area contributed by atoms with Crippen LogP contribution in [0.5, 0.6) is 0 Å². The van der Waals surface area contributed by atoms with E-state index in [9.17, 15) is 26.3 Å². The minimum atomic E-state index is -6.12. The van der Waals surface area contributed by atoms with E-state index in [0.29, 0.717) is 0 Å². The monoisotopic (exact) mass is 192 g/mol. The normalized spacial score (nSPS) is 18.2. The van der Waals surface area contributed by atoms with Crippen molar-refractivity contribution in [2.45, 2.75) is 18.0 Å². The van der Waals surface area contributed by atoms with Crippen molar-refractivity contribution in [2.75, 3.05) is 0 Å². The average Bonchev–Trinajstić information content (AvgIpc) is 1.85. The highest BCUT2D eigenvalue weighted by atomic mass is 19.4. The van der Waals surface area contributed by atoms with Gasteiger partial charge in [0.15, 0.2) is 0 Å². The van der Waals surface area contributed by atoms with Crippen molar-refractivity contribution in [2.24, 2.45) is 0 Å². The van der Waals surface area contributed by atoms with E-state index in [-0.39, 0.29) is 5.92 Å². The Balaban J connectivity index is 5.02. The highest BCUT2D eigenvalue weighted by Gasteiger charge is 2.70. The summed E-state index contributed by atoms with van der Waals surface area (Å²) in [7, 11) is 0. The molecule has 1 N–H and O–H groups in total. The molecular formula is C5H2F6O. The van der Waals surface area contributed by atoms with Crippen LogP contribution in [0.15, 0.2) is 0 Å². The van der Waals surface area contributed by atoms with Crippen molar-refractivity contribution < 1.29 is 31.4 Å². The molecule has 0 aromatic rings.